The van der Waals surface area contributed by atoms with Gasteiger partial charge in [0.15, 0.2) is 5.82 Å². The van der Waals surface area contributed by atoms with Gasteiger partial charge in [-0.15, -0.1) is 5.10 Å². The quantitative estimate of drug-likeness (QED) is 0.539. The number of fused-ring (bicyclic) bond motifs is 1. The highest BCUT2D eigenvalue weighted by molar-refractivity contribution is 5.80. The number of aromatic nitrogens is 5. The number of nitrogens with one attached hydrogen (secondary N) is 1. The molecule has 1 atom stereocenters. The molecule has 4 rings (SSSR count). The molecule has 8 nitrogen and oxygen atoms in total. The van der Waals surface area contributed by atoms with E-state index in [1.165, 1.54) is 24.8 Å². The number of hydrogen-bond acceptors (Lipinski definition) is 6. The van der Waals surface area contributed by atoms with Crippen LogP contribution in [0, 0.1) is 19.8 Å². The Kier molecular flexibility index (Phi) is 7.24. The highest BCUT2D eigenvalue weighted by Gasteiger charge is 2.32. The van der Waals surface area contributed by atoms with E-state index in [-0.39, 0.29) is 24.1 Å². The zero-order valence-electron chi connectivity index (χ0n) is 20.2. The second-order valence-electron chi connectivity index (χ2n) is 9.80. The Morgan fingerprint density at radius 2 is 1.88 bits per heavy atom. The predicted molar refractivity (Wildman–Crippen MR) is 129 cm³/mol. The van der Waals surface area contributed by atoms with E-state index >= 15 is 0 Å². The van der Waals surface area contributed by atoms with Gasteiger partial charge in [0.05, 0.1) is 18.7 Å². The molecule has 1 aliphatic rings. The maximum absolute atomic E-state index is 13.0. The van der Waals surface area contributed by atoms with Crippen LogP contribution < -0.4 is 5.56 Å². The van der Waals surface area contributed by atoms with Crippen LogP contribution in [-0.2, 0) is 6.54 Å². The van der Waals surface area contributed by atoms with Crippen molar-refractivity contribution in [2.45, 2.75) is 78.4 Å². The van der Waals surface area contributed by atoms with Crippen molar-refractivity contribution in [3.63, 3.8) is 0 Å². The van der Waals surface area contributed by atoms with Crippen molar-refractivity contribution in [3.8, 4) is 0 Å². The molecule has 0 bridgehead atoms. The van der Waals surface area contributed by atoms with Crippen molar-refractivity contribution in [1.29, 1.82) is 0 Å². The minimum Gasteiger partial charge on any atom is -0.395 e. The Morgan fingerprint density at radius 3 is 2.58 bits per heavy atom. The Hall–Kier alpha value is -2.58. The van der Waals surface area contributed by atoms with Gasteiger partial charge in [0.2, 0.25) is 0 Å². The van der Waals surface area contributed by atoms with Crippen LogP contribution in [0.4, 0.5) is 0 Å². The minimum absolute atomic E-state index is 0.00198. The van der Waals surface area contributed by atoms with Gasteiger partial charge in [-0.1, -0.05) is 33.1 Å². The molecule has 2 aromatic heterocycles. The monoisotopic (exact) mass is 452 g/mol. The average Bonchev–Trinajstić information content (AvgIpc) is 3.25. The predicted octanol–water partition coefficient (Wildman–Crippen LogP) is 3.83. The summed E-state index contributed by atoms with van der Waals surface area (Å²) in [6.45, 7) is 9.27. The standard InChI is InChI=1S/C25H36N6O2/c1-16(2)23(24-27-28-29-31(24)21-8-6-5-7-9-21)30(10-11-32)15-20-14-19-12-17(3)18(4)13-22(19)26-25(20)33/h12-14,16,21,23,32H,5-11,15H2,1-4H3,(H,26,33)/t23-/m1/s1. The summed E-state index contributed by atoms with van der Waals surface area (Å²) in [5.41, 5.74) is 3.79. The molecule has 0 saturated heterocycles. The number of aryl methyl sites for hydroxylation is 2. The molecular formula is C25H36N6O2. The first-order chi connectivity index (χ1) is 15.9. The Bertz CT molecular complexity index is 1150. The zero-order chi connectivity index (χ0) is 23.5. The van der Waals surface area contributed by atoms with Gasteiger partial charge >= 0.3 is 0 Å². The molecule has 8 heteroatoms. The Labute approximate surface area is 195 Å². The van der Waals surface area contributed by atoms with Gasteiger partial charge in [-0.05, 0) is 77.7 Å². The summed E-state index contributed by atoms with van der Waals surface area (Å²) in [6, 6.07) is 6.33. The van der Waals surface area contributed by atoms with E-state index in [2.05, 4.69) is 52.2 Å². The Morgan fingerprint density at radius 1 is 1.15 bits per heavy atom. The third kappa shape index (κ3) is 5.01. The second kappa shape index (κ2) is 10.1. The number of hydrogen-bond donors (Lipinski definition) is 2. The van der Waals surface area contributed by atoms with Gasteiger partial charge in [-0.25, -0.2) is 4.68 Å². The summed E-state index contributed by atoms with van der Waals surface area (Å²) in [4.78, 5) is 18.2. The van der Waals surface area contributed by atoms with Crippen molar-refractivity contribution in [3.05, 3.63) is 51.1 Å². The molecule has 33 heavy (non-hydrogen) atoms. The topological polar surface area (TPSA) is 99.9 Å². The van der Waals surface area contributed by atoms with E-state index in [9.17, 15) is 9.90 Å². The van der Waals surface area contributed by atoms with Crippen LogP contribution >= 0.6 is 0 Å². The number of H-pyrrole nitrogens is 1. The van der Waals surface area contributed by atoms with Crippen LogP contribution in [0.1, 0.15) is 80.6 Å². The van der Waals surface area contributed by atoms with Crippen molar-refractivity contribution >= 4 is 10.9 Å². The number of benzene rings is 1. The summed E-state index contributed by atoms with van der Waals surface area (Å²) >= 11 is 0. The molecule has 1 saturated carbocycles. The lowest BCUT2D eigenvalue weighted by Gasteiger charge is -2.34. The van der Waals surface area contributed by atoms with E-state index in [1.807, 2.05) is 23.7 Å². The third-order valence-corrected chi connectivity index (χ3v) is 7.02. The lowest BCUT2D eigenvalue weighted by atomic mass is 9.94. The molecule has 2 heterocycles. The van der Waals surface area contributed by atoms with E-state index in [1.54, 1.807) is 0 Å². The average molecular weight is 453 g/mol. The molecule has 178 valence electrons. The van der Waals surface area contributed by atoms with Crippen molar-refractivity contribution in [1.82, 2.24) is 30.1 Å². The molecule has 2 N–H and O–H groups in total. The van der Waals surface area contributed by atoms with E-state index < -0.39 is 0 Å². The minimum atomic E-state index is -0.107. The number of nitrogens with zero attached hydrogens (tertiary/aromatic N) is 5. The van der Waals surface area contributed by atoms with E-state index in [0.717, 1.165) is 35.1 Å². The fourth-order valence-corrected chi connectivity index (χ4v) is 5.17. The number of pyridine rings is 1. The molecule has 0 unspecified atom stereocenters. The summed E-state index contributed by atoms with van der Waals surface area (Å²) in [5, 5.41) is 23.7. The lowest BCUT2D eigenvalue weighted by Crippen LogP contribution is -2.38. The smallest absolute Gasteiger partial charge is 0.252 e. The van der Waals surface area contributed by atoms with Gasteiger partial charge in [0, 0.05) is 24.2 Å². The Balaban J connectivity index is 1.70. The normalized spacial score (nSPS) is 16.2. The van der Waals surface area contributed by atoms with Crippen molar-refractivity contribution in [2.75, 3.05) is 13.2 Å². The molecule has 1 fully saturated rings. The molecule has 1 aromatic carbocycles. The van der Waals surface area contributed by atoms with Crippen LogP contribution in [0.3, 0.4) is 0 Å². The fraction of sp³-hybridized carbons (Fsp3) is 0.600. The zero-order valence-corrected chi connectivity index (χ0v) is 20.2. The molecule has 0 amide bonds. The molecule has 0 aliphatic heterocycles. The number of aliphatic hydroxyl groups is 1. The molecule has 3 aromatic rings. The maximum Gasteiger partial charge on any atom is 0.252 e. The third-order valence-electron chi connectivity index (χ3n) is 7.02. The van der Waals surface area contributed by atoms with Gasteiger partial charge in [-0.3, -0.25) is 9.69 Å². The molecule has 0 radical (unpaired) electrons. The number of tetrazole rings is 1. The lowest BCUT2D eigenvalue weighted by molar-refractivity contribution is 0.103. The van der Waals surface area contributed by atoms with Gasteiger partial charge in [0.1, 0.15) is 0 Å². The SMILES string of the molecule is Cc1cc2cc(CN(CCO)[C@@H](c3nnnn3C3CCCCC3)C(C)C)c(=O)[nH]c2cc1C. The number of aromatic amines is 1. The molecule has 1 aliphatic carbocycles. The van der Waals surface area contributed by atoms with E-state index in [4.69, 9.17) is 0 Å². The number of aliphatic hydroxyl groups excluding tert-OH is 1. The fourth-order valence-electron chi connectivity index (χ4n) is 5.17. The summed E-state index contributed by atoms with van der Waals surface area (Å²) < 4.78 is 2.00. The highest BCUT2D eigenvalue weighted by atomic mass is 16.3. The largest absolute Gasteiger partial charge is 0.395 e. The van der Waals surface area contributed by atoms with Crippen LogP contribution in [-0.4, -0.2) is 48.3 Å². The van der Waals surface area contributed by atoms with E-state index in [0.29, 0.717) is 24.7 Å². The van der Waals surface area contributed by atoms with Crippen LogP contribution in [0.15, 0.2) is 23.0 Å². The van der Waals surface area contributed by atoms with Crippen molar-refractivity contribution < 1.29 is 5.11 Å². The van der Waals surface area contributed by atoms with Crippen LogP contribution in [0.25, 0.3) is 10.9 Å². The van der Waals surface area contributed by atoms with Crippen LogP contribution in [0.2, 0.25) is 0 Å². The first-order valence-corrected chi connectivity index (χ1v) is 12.1. The molecule has 0 spiro atoms. The van der Waals surface area contributed by atoms with Gasteiger partial charge < -0.3 is 10.1 Å². The first-order valence-electron chi connectivity index (χ1n) is 12.1. The summed E-state index contributed by atoms with van der Waals surface area (Å²) in [5.74, 6) is 1.03. The van der Waals surface area contributed by atoms with Crippen molar-refractivity contribution in [2.24, 2.45) is 5.92 Å². The first kappa shape index (κ1) is 23.6. The summed E-state index contributed by atoms with van der Waals surface area (Å²) in [6.07, 6.45) is 5.84. The maximum atomic E-state index is 13.0. The summed E-state index contributed by atoms with van der Waals surface area (Å²) in [7, 11) is 0. The molecular weight excluding hydrogens is 416 g/mol. The van der Waals surface area contributed by atoms with Gasteiger partial charge in [0.25, 0.3) is 5.56 Å². The number of rotatable bonds is 8. The second-order valence-corrected chi connectivity index (χ2v) is 9.80. The van der Waals surface area contributed by atoms with Crippen LogP contribution in [0.5, 0.6) is 0 Å². The highest BCUT2D eigenvalue weighted by Crippen LogP contribution is 2.33. The van der Waals surface area contributed by atoms with Gasteiger partial charge in [-0.2, -0.15) is 0 Å².